The van der Waals surface area contributed by atoms with Crippen LogP contribution in [0.2, 0.25) is 0 Å². The van der Waals surface area contributed by atoms with Crippen LogP contribution in [0.3, 0.4) is 0 Å². The smallest absolute Gasteiger partial charge is 0.230 e. The first kappa shape index (κ1) is 22.8. The SMILES string of the molecule is O=C(Nc1ccc2nc(-c3ccc(NC(=O)C45CC6CC(CC(C6)C4)C5)cc3)[nH]c2c1)C1CC2CCC1C2. The number of rotatable bonds is 5. The van der Waals surface area contributed by atoms with Gasteiger partial charge in [0.05, 0.1) is 16.4 Å². The van der Waals surface area contributed by atoms with Crippen LogP contribution in [0, 0.1) is 40.9 Å². The summed E-state index contributed by atoms with van der Waals surface area (Å²) < 4.78 is 0. The Morgan fingerprint density at radius 1 is 0.789 bits per heavy atom. The monoisotopic (exact) mass is 508 g/mol. The van der Waals surface area contributed by atoms with E-state index in [-0.39, 0.29) is 23.1 Å². The number of fused-ring (bicyclic) bond motifs is 3. The first-order valence-corrected chi connectivity index (χ1v) is 14.7. The number of carbonyl (C=O) groups is 2. The molecule has 6 nitrogen and oxygen atoms in total. The predicted molar refractivity (Wildman–Crippen MR) is 148 cm³/mol. The first-order chi connectivity index (χ1) is 18.5. The van der Waals surface area contributed by atoms with Crippen molar-refractivity contribution in [1.82, 2.24) is 9.97 Å². The van der Waals surface area contributed by atoms with Crippen molar-refractivity contribution < 1.29 is 9.59 Å². The molecule has 2 amide bonds. The summed E-state index contributed by atoms with van der Waals surface area (Å²) in [7, 11) is 0. The molecule has 38 heavy (non-hydrogen) atoms. The zero-order chi connectivity index (χ0) is 25.4. The Morgan fingerprint density at radius 2 is 1.50 bits per heavy atom. The van der Waals surface area contributed by atoms with E-state index in [0.717, 1.165) is 83.2 Å². The van der Waals surface area contributed by atoms with Crippen molar-refractivity contribution in [3.8, 4) is 11.4 Å². The van der Waals surface area contributed by atoms with Gasteiger partial charge in [-0.3, -0.25) is 9.59 Å². The van der Waals surface area contributed by atoms with E-state index >= 15 is 0 Å². The Labute approximate surface area is 223 Å². The second-order valence-corrected chi connectivity index (χ2v) is 13.3. The summed E-state index contributed by atoms with van der Waals surface area (Å²) in [4.78, 5) is 34.5. The summed E-state index contributed by atoms with van der Waals surface area (Å²) in [6.45, 7) is 0. The molecule has 6 saturated carbocycles. The topological polar surface area (TPSA) is 86.9 Å². The van der Waals surface area contributed by atoms with Crippen LogP contribution in [0.5, 0.6) is 0 Å². The van der Waals surface area contributed by atoms with E-state index in [0.29, 0.717) is 5.92 Å². The minimum atomic E-state index is -0.142. The second-order valence-electron chi connectivity index (χ2n) is 13.3. The van der Waals surface area contributed by atoms with Gasteiger partial charge in [-0.25, -0.2) is 4.98 Å². The minimum Gasteiger partial charge on any atom is -0.338 e. The molecule has 0 spiro atoms. The van der Waals surface area contributed by atoms with Crippen LogP contribution in [-0.4, -0.2) is 21.8 Å². The van der Waals surface area contributed by atoms with Gasteiger partial charge >= 0.3 is 0 Å². The van der Waals surface area contributed by atoms with Crippen LogP contribution >= 0.6 is 0 Å². The lowest BCUT2D eigenvalue weighted by Crippen LogP contribution is -2.51. The number of nitrogens with zero attached hydrogens (tertiary/aromatic N) is 1. The molecule has 3 aromatic rings. The minimum absolute atomic E-state index is 0.142. The van der Waals surface area contributed by atoms with Crippen LogP contribution in [0.4, 0.5) is 11.4 Å². The number of aromatic amines is 1. The number of H-pyrrole nitrogens is 1. The molecule has 6 bridgehead atoms. The number of amides is 2. The maximum Gasteiger partial charge on any atom is 0.230 e. The summed E-state index contributed by atoms with van der Waals surface area (Å²) in [5.74, 6) is 4.96. The summed E-state index contributed by atoms with van der Waals surface area (Å²) in [5, 5.41) is 6.41. The summed E-state index contributed by atoms with van der Waals surface area (Å²) >= 11 is 0. The van der Waals surface area contributed by atoms with E-state index in [4.69, 9.17) is 4.98 Å². The molecule has 1 aromatic heterocycles. The number of nitrogens with one attached hydrogen (secondary N) is 3. The number of carbonyl (C=O) groups excluding carboxylic acids is 2. The molecule has 3 N–H and O–H groups in total. The molecule has 9 rings (SSSR count). The number of imidazole rings is 1. The molecule has 6 heteroatoms. The van der Waals surface area contributed by atoms with Crippen molar-refractivity contribution in [2.75, 3.05) is 10.6 Å². The van der Waals surface area contributed by atoms with Crippen LogP contribution in [0.15, 0.2) is 42.5 Å². The lowest BCUT2D eigenvalue weighted by Gasteiger charge is -2.55. The first-order valence-electron chi connectivity index (χ1n) is 14.7. The van der Waals surface area contributed by atoms with Crippen molar-refractivity contribution >= 4 is 34.2 Å². The molecule has 0 saturated heterocycles. The fourth-order valence-corrected chi connectivity index (χ4v) is 9.39. The van der Waals surface area contributed by atoms with E-state index in [1.54, 1.807) is 0 Å². The summed E-state index contributed by atoms with van der Waals surface area (Å²) in [6.07, 6.45) is 12.0. The molecule has 3 atom stereocenters. The third-order valence-corrected chi connectivity index (χ3v) is 10.8. The number of benzene rings is 2. The van der Waals surface area contributed by atoms with Gasteiger partial charge < -0.3 is 15.6 Å². The summed E-state index contributed by atoms with van der Waals surface area (Å²) in [6, 6.07) is 13.9. The predicted octanol–water partition coefficient (Wildman–Crippen LogP) is 6.76. The van der Waals surface area contributed by atoms with Crippen LogP contribution in [0.1, 0.15) is 64.2 Å². The molecule has 196 valence electrons. The van der Waals surface area contributed by atoms with Gasteiger partial charge in [0, 0.05) is 22.9 Å². The molecule has 6 fully saturated rings. The van der Waals surface area contributed by atoms with Gasteiger partial charge in [0.15, 0.2) is 0 Å². The van der Waals surface area contributed by atoms with Crippen molar-refractivity contribution in [3.05, 3.63) is 42.5 Å². The van der Waals surface area contributed by atoms with Crippen LogP contribution < -0.4 is 10.6 Å². The van der Waals surface area contributed by atoms with E-state index in [9.17, 15) is 9.59 Å². The van der Waals surface area contributed by atoms with Crippen molar-refractivity contribution in [2.45, 2.75) is 64.2 Å². The van der Waals surface area contributed by atoms with Gasteiger partial charge in [0.2, 0.25) is 11.8 Å². The quantitative estimate of drug-likeness (QED) is 0.356. The third-order valence-electron chi connectivity index (χ3n) is 10.8. The fraction of sp³-hybridized carbons (Fsp3) is 0.531. The lowest BCUT2D eigenvalue weighted by atomic mass is 9.49. The zero-order valence-corrected chi connectivity index (χ0v) is 21.8. The Balaban J connectivity index is 0.956. The van der Waals surface area contributed by atoms with Crippen LogP contribution in [0.25, 0.3) is 22.4 Å². The van der Waals surface area contributed by atoms with Crippen molar-refractivity contribution in [3.63, 3.8) is 0 Å². The number of hydrogen-bond donors (Lipinski definition) is 3. The highest BCUT2D eigenvalue weighted by Crippen LogP contribution is 2.60. The number of anilines is 2. The molecular weight excluding hydrogens is 472 g/mol. The highest BCUT2D eigenvalue weighted by molar-refractivity contribution is 5.96. The molecule has 2 aromatic carbocycles. The third kappa shape index (κ3) is 3.78. The number of aromatic nitrogens is 2. The van der Waals surface area contributed by atoms with Gasteiger partial charge in [-0.1, -0.05) is 6.42 Å². The maximum absolute atomic E-state index is 13.4. The van der Waals surface area contributed by atoms with Gasteiger partial charge in [-0.2, -0.15) is 0 Å². The number of hydrogen-bond acceptors (Lipinski definition) is 3. The van der Waals surface area contributed by atoms with E-state index < -0.39 is 0 Å². The molecule has 3 unspecified atom stereocenters. The zero-order valence-electron chi connectivity index (χ0n) is 21.8. The van der Waals surface area contributed by atoms with E-state index in [1.807, 2.05) is 42.5 Å². The molecule has 0 aliphatic heterocycles. The lowest BCUT2D eigenvalue weighted by molar-refractivity contribution is -0.140. The fourth-order valence-electron chi connectivity index (χ4n) is 9.39. The van der Waals surface area contributed by atoms with Gasteiger partial charge in [-0.05, 0) is 130 Å². The largest absolute Gasteiger partial charge is 0.338 e. The maximum atomic E-state index is 13.4. The molecule has 6 aliphatic rings. The van der Waals surface area contributed by atoms with Gasteiger partial charge in [0.25, 0.3) is 0 Å². The summed E-state index contributed by atoms with van der Waals surface area (Å²) in [5.41, 5.74) is 4.29. The molecule has 0 radical (unpaired) electrons. The Bertz CT molecular complexity index is 1390. The normalized spacial score (nSPS) is 34.6. The van der Waals surface area contributed by atoms with Crippen LogP contribution in [-0.2, 0) is 9.59 Å². The molecular formula is C32H36N4O2. The highest BCUT2D eigenvalue weighted by atomic mass is 16.2. The highest BCUT2D eigenvalue weighted by Gasteiger charge is 2.54. The average molecular weight is 509 g/mol. The Hall–Kier alpha value is -3.15. The van der Waals surface area contributed by atoms with Gasteiger partial charge in [-0.15, -0.1) is 0 Å². The molecule has 1 heterocycles. The second kappa shape index (κ2) is 8.42. The van der Waals surface area contributed by atoms with Crippen molar-refractivity contribution in [2.24, 2.45) is 40.9 Å². The average Bonchev–Trinajstić information content (AvgIpc) is 3.64. The van der Waals surface area contributed by atoms with Crippen molar-refractivity contribution in [1.29, 1.82) is 0 Å². The van der Waals surface area contributed by atoms with E-state index in [1.165, 1.54) is 38.5 Å². The Morgan fingerprint density at radius 3 is 2.16 bits per heavy atom. The standard InChI is InChI=1S/C32H36N4O2/c37-30(26-13-18-1-2-23(26)12-18)33-25-7-8-27-28(14-25)36-29(35-27)22-3-5-24(6-4-22)34-31(38)32-15-19-9-20(16-32)11-21(10-19)17-32/h3-8,14,18-21,23,26H,1-2,9-13,15-17H2,(H,33,37)(H,34,38)(H,35,36). The molecule has 6 aliphatic carbocycles. The van der Waals surface area contributed by atoms with Gasteiger partial charge in [0.1, 0.15) is 5.82 Å². The van der Waals surface area contributed by atoms with E-state index in [2.05, 4.69) is 15.6 Å². The Kier molecular flexibility index (Phi) is 5.05.